The van der Waals surface area contributed by atoms with Crippen LogP contribution in [0.15, 0.2) is 63.9 Å². The summed E-state index contributed by atoms with van der Waals surface area (Å²) in [5, 5.41) is 14.5. The fraction of sp³-hybridized carbons (Fsp3) is 0.278. The van der Waals surface area contributed by atoms with Crippen molar-refractivity contribution in [1.82, 2.24) is 5.32 Å². The molecule has 2 aromatic rings. The molecule has 1 amide bonds. The number of halogens is 1. The third kappa shape index (κ3) is 7.63. The molecule has 0 saturated heterocycles. The second kappa shape index (κ2) is 12.3. The van der Waals surface area contributed by atoms with Crippen LogP contribution in [0.3, 0.4) is 0 Å². The third-order valence-electron chi connectivity index (χ3n) is 3.42. The standard InChI is InChI=1S/C18H21N7O2.ClH/c1-13(22-25-20)12-27-17-8-6-16(7-9-17)24-23-15-4-2-14(3-5-15)18(26)21-11-10-19;/h2-9,13H,10-12,19H2,1H3,(H,21,26);1H/b24-23+;. The summed E-state index contributed by atoms with van der Waals surface area (Å²) in [4.78, 5) is 14.5. The minimum Gasteiger partial charge on any atom is -0.493 e. The number of azide groups is 1. The summed E-state index contributed by atoms with van der Waals surface area (Å²) in [6, 6.07) is 13.6. The Labute approximate surface area is 169 Å². The highest BCUT2D eigenvalue weighted by Crippen LogP contribution is 2.21. The van der Waals surface area contributed by atoms with E-state index in [-0.39, 0.29) is 24.4 Å². The number of hydrogen-bond donors (Lipinski definition) is 2. The second-order valence-electron chi connectivity index (χ2n) is 5.65. The molecule has 0 bridgehead atoms. The largest absolute Gasteiger partial charge is 0.493 e. The Morgan fingerprint density at radius 2 is 1.71 bits per heavy atom. The van der Waals surface area contributed by atoms with Gasteiger partial charge in [-0.3, -0.25) is 4.79 Å². The van der Waals surface area contributed by atoms with E-state index in [1.54, 1.807) is 55.5 Å². The van der Waals surface area contributed by atoms with E-state index in [4.69, 9.17) is 16.0 Å². The quantitative estimate of drug-likeness (QED) is 0.366. The first-order valence-electron chi connectivity index (χ1n) is 8.39. The average Bonchev–Trinajstić information content (AvgIpc) is 2.70. The minimum atomic E-state index is -0.241. The Morgan fingerprint density at radius 1 is 1.14 bits per heavy atom. The number of benzene rings is 2. The molecule has 0 aliphatic rings. The van der Waals surface area contributed by atoms with Gasteiger partial charge in [0.1, 0.15) is 5.75 Å². The van der Waals surface area contributed by atoms with Crippen LogP contribution in [0, 0.1) is 0 Å². The summed E-state index contributed by atoms with van der Waals surface area (Å²) in [7, 11) is 0. The van der Waals surface area contributed by atoms with Gasteiger partial charge in [0.05, 0.1) is 24.0 Å². The first-order valence-corrected chi connectivity index (χ1v) is 8.39. The molecule has 0 fully saturated rings. The second-order valence-corrected chi connectivity index (χ2v) is 5.65. The number of ether oxygens (including phenoxy) is 1. The summed E-state index contributed by atoms with van der Waals surface area (Å²) < 4.78 is 5.52. The fourth-order valence-electron chi connectivity index (χ4n) is 2.03. The SMILES string of the molecule is CC(COc1ccc(/N=N/c2ccc(C(=O)NCCN)cc2)cc1)N=[N+]=[N-].Cl. The summed E-state index contributed by atoms with van der Waals surface area (Å²) in [5.41, 5.74) is 15.5. The van der Waals surface area contributed by atoms with Crippen molar-refractivity contribution in [3.8, 4) is 5.75 Å². The number of carbonyl (C=O) groups excluding carboxylic acids is 1. The van der Waals surface area contributed by atoms with Gasteiger partial charge in [-0.05, 0) is 54.1 Å². The van der Waals surface area contributed by atoms with Gasteiger partial charge in [-0.1, -0.05) is 12.0 Å². The predicted molar refractivity (Wildman–Crippen MR) is 110 cm³/mol. The van der Waals surface area contributed by atoms with Crippen molar-refractivity contribution in [2.75, 3.05) is 19.7 Å². The van der Waals surface area contributed by atoms with Crippen LogP contribution in [-0.4, -0.2) is 31.6 Å². The van der Waals surface area contributed by atoms with E-state index >= 15 is 0 Å². The Kier molecular flexibility index (Phi) is 10.1. The van der Waals surface area contributed by atoms with Crippen molar-refractivity contribution in [1.29, 1.82) is 0 Å². The van der Waals surface area contributed by atoms with E-state index in [0.29, 0.717) is 42.4 Å². The molecule has 0 heterocycles. The lowest BCUT2D eigenvalue weighted by Gasteiger charge is -2.08. The van der Waals surface area contributed by atoms with Crippen LogP contribution in [0.2, 0.25) is 0 Å². The molecule has 0 saturated carbocycles. The molecule has 0 aliphatic carbocycles. The Bertz CT molecular complexity index is 819. The molecule has 1 atom stereocenters. The van der Waals surface area contributed by atoms with Crippen molar-refractivity contribution in [3.63, 3.8) is 0 Å². The molecule has 1 unspecified atom stereocenters. The molecule has 9 nitrogen and oxygen atoms in total. The Balaban J connectivity index is 0.00000392. The molecule has 0 aliphatic heterocycles. The Hall–Kier alpha value is -3.13. The van der Waals surface area contributed by atoms with E-state index in [1.165, 1.54) is 0 Å². The zero-order valence-corrected chi connectivity index (χ0v) is 16.2. The van der Waals surface area contributed by atoms with Gasteiger partial charge in [0.15, 0.2) is 0 Å². The summed E-state index contributed by atoms with van der Waals surface area (Å²) in [6.45, 7) is 2.91. The fourth-order valence-corrected chi connectivity index (χ4v) is 2.03. The predicted octanol–water partition coefficient (Wildman–Crippen LogP) is 4.29. The zero-order valence-electron chi connectivity index (χ0n) is 15.4. The molecule has 0 aromatic heterocycles. The van der Waals surface area contributed by atoms with Gasteiger partial charge < -0.3 is 15.8 Å². The monoisotopic (exact) mass is 403 g/mol. The Morgan fingerprint density at radius 3 is 2.25 bits per heavy atom. The molecule has 2 aromatic carbocycles. The number of rotatable bonds is 9. The van der Waals surface area contributed by atoms with Crippen LogP contribution in [0.25, 0.3) is 10.4 Å². The maximum Gasteiger partial charge on any atom is 0.251 e. The first kappa shape index (κ1) is 22.9. The van der Waals surface area contributed by atoms with Crippen molar-refractivity contribution in [2.45, 2.75) is 13.0 Å². The van der Waals surface area contributed by atoms with Gasteiger partial charge in [0, 0.05) is 23.6 Å². The van der Waals surface area contributed by atoms with Gasteiger partial charge in [0.2, 0.25) is 0 Å². The number of carbonyl (C=O) groups is 1. The van der Waals surface area contributed by atoms with Gasteiger partial charge >= 0.3 is 0 Å². The van der Waals surface area contributed by atoms with E-state index in [1.807, 2.05) is 0 Å². The molecule has 0 radical (unpaired) electrons. The number of hydrogen-bond acceptors (Lipinski definition) is 6. The number of nitrogens with two attached hydrogens (primary N) is 1. The highest BCUT2D eigenvalue weighted by Gasteiger charge is 2.04. The van der Waals surface area contributed by atoms with E-state index in [0.717, 1.165) is 0 Å². The number of nitrogens with one attached hydrogen (secondary N) is 1. The van der Waals surface area contributed by atoms with Gasteiger partial charge in [-0.25, -0.2) is 0 Å². The lowest BCUT2D eigenvalue weighted by molar-refractivity contribution is 0.0955. The normalized spacial score (nSPS) is 11.2. The highest BCUT2D eigenvalue weighted by molar-refractivity contribution is 5.94. The van der Waals surface area contributed by atoms with Crippen molar-refractivity contribution < 1.29 is 9.53 Å². The third-order valence-corrected chi connectivity index (χ3v) is 3.42. The number of azo groups is 1. The topological polar surface area (TPSA) is 138 Å². The van der Waals surface area contributed by atoms with Crippen molar-refractivity contribution in [2.24, 2.45) is 21.1 Å². The summed E-state index contributed by atoms with van der Waals surface area (Å²) in [6.07, 6.45) is 0. The zero-order chi connectivity index (χ0) is 19.5. The maximum absolute atomic E-state index is 11.8. The molecular formula is C18H22ClN7O2. The number of amides is 1. The molecule has 2 rings (SSSR count). The smallest absolute Gasteiger partial charge is 0.251 e. The van der Waals surface area contributed by atoms with Crippen molar-refractivity contribution >= 4 is 29.7 Å². The van der Waals surface area contributed by atoms with Gasteiger partial charge in [-0.15, -0.1) is 12.4 Å². The van der Waals surface area contributed by atoms with E-state index in [9.17, 15) is 4.79 Å². The lowest BCUT2D eigenvalue weighted by Crippen LogP contribution is -2.28. The van der Waals surface area contributed by atoms with Crippen LogP contribution >= 0.6 is 12.4 Å². The number of nitrogens with zero attached hydrogens (tertiary/aromatic N) is 5. The molecule has 0 spiro atoms. The maximum atomic E-state index is 11.8. The molecule has 28 heavy (non-hydrogen) atoms. The molecule has 10 heteroatoms. The molecule has 148 valence electrons. The van der Waals surface area contributed by atoms with Crippen molar-refractivity contribution in [3.05, 3.63) is 64.5 Å². The highest BCUT2D eigenvalue weighted by atomic mass is 35.5. The minimum absolute atomic E-state index is 0. The van der Waals surface area contributed by atoms with Crippen LogP contribution in [0.4, 0.5) is 11.4 Å². The molecular weight excluding hydrogens is 382 g/mol. The summed E-state index contributed by atoms with van der Waals surface area (Å²) >= 11 is 0. The van der Waals surface area contributed by atoms with Crippen LogP contribution in [0.1, 0.15) is 17.3 Å². The van der Waals surface area contributed by atoms with Crippen LogP contribution in [-0.2, 0) is 0 Å². The average molecular weight is 404 g/mol. The first-order chi connectivity index (χ1) is 13.1. The summed E-state index contributed by atoms with van der Waals surface area (Å²) in [5.74, 6) is 0.482. The van der Waals surface area contributed by atoms with Gasteiger partial charge in [0.25, 0.3) is 5.91 Å². The van der Waals surface area contributed by atoms with Gasteiger partial charge in [-0.2, -0.15) is 10.2 Å². The van der Waals surface area contributed by atoms with E-state index in [2.05, 4.69) is 25.6 Å². The molecule has 3 N–H and O–H groups in total. The van der Waals surface area contributed by atoms with Crippen LogP contribution in [0.5, 0.6) is 5.75 Å². The van der Waals surface area contributed by atoms with Crippen LogP contribution < -0.4 is 15.8 Å². The lowest BCUT2D eigenvalue weighted by atomic mass is 10.2. The van der Waals surface area contributed by atoms with E-state index < -0.39 is 0 Å².